The molecule has 0 aromatic carbocycles. The summed E-state index contributed by atoms with van der Waals surface area (Å²) < 4.78 is 1.59. The SMILES string of the molecule is CNC(=O)N(C)SCCc1cccnc1. The molecule has 0 spiro atoms. The molecule has 15 heavy (non-hydrogen) atoms. The highest BCUT2D eigenvalue weighted by Crippen LogP contribution is 2.09. The van der Waals surface area contributed by atoms with Crippen LogP contribution in [0, 0.1) is 0 Å². The average Bonchev–Trinajstić information content (AvgIpc) is 2.29. The summed E-state index contributed by atoms with van der Waals surface area (Å²) in [6.45, 7) is 0. The fourth-order valence-corrected chi connectivity index (χ4v) is 1.87. The normalized spacial score (nSPS) is 9.73. The molecule has 1 N–H and O–H groups in total. The van der Waals surface area contributed by atoms with Gasteiger partial charge in [-0.2, -0.15) is 0 Å². The van der Waals surface area contributed by atoms with Gasteiger partial charge >= 0.3 is 6.03 Å². The Balaban J connectivity index is 2.25. The van der Waals surface area contributed by atoms with Gasteiger partial charge in [0.05, 0.1) is 0 Å². The molecule has 5 heteroatoms. The molecule has 0 aliphatic carbocycles. The second-order valence-corrected chi connectivity index (χ2v) is 4.21. The Morgan fingerprint density at radius 2 is 2.47 bits per heavy atom. The first-order chi connectivity index (χ1) is 7.24. The highest BCUT2D eigenvalue weighted by molar-refractivity contribution is 7.97. The zero-order valence-electron chi connectivity index (χ0n) is 8.93. The Hall–Kier alpha value is -1.23. The van der Waals surface area contributed by atoms with Gasteiger partial charge in [-0.15, -0.1) is 0 Å². The van der Waals surface area contributed by atoms with Crippen LogP contribution in [0.1, 0.15) is 5.56 Å². The van der Waals surface area contributed by atoms with Crippen LogP contribution in [-0.4, -0.2) is 35.2 Å². The van der Waals surface area contributed by atoms with Crippen LogP contribution in [0.4, 0.5) is 4.79 Å². The molecule has 1 aromatic rings. The zero-order valence-corrected chi connectivity index (χ0v) is 9.75. The topological polar surface area (TPSA) is 45.2 Å². The van der Waals surface area contributed by atoms with E-state index in [2.05, 4.69) is 10.3 Å². The molecule has 0 aliphatic rings. The molecule has 1 aromatic heterocycles. The van der Waals surface area contributed by atoms with Crippen LogP contribution in [0.5, 0.6) is 0 Å². The van der Waals surface area contributed by atoms with Crippen molar-refractivity contribution in [1.82, 2.24) is 14.6 Å². The van der Waals surface area contributed by atoms with Crippen LogP contribution in [0.15, 0.2) is 24.5 Å². The van der Waals surface area contributed by atoms with Gasteiger partial charge in [0.1, 0.15) is 0 Å². The summed E-state index contributed by atoms with van der Waals surface area (Å²) in [6, 6.07) is 3.88. The molecule has 0 radical (unpaired) electrons. The third kappa shape index (κ3) is 4.20. The number of hydrogen-bond donors (Lipinski definition) is 1. The van der Waals surface area contributed by atoms with E-state index in [0.717, 1.165) is 12.2 Å². The average molecular weight is 225 g/mol. The van der Waals surface area contributed by atoms with Crippen LogP contribution in [-0.2, 0) is 6.42 Å². The maximum Gasteiger partial charge on any atom is 0.326 e. The molecule has 0 saturated carbocycles. The van der Waals surface area contributed by atoms with E-state index in [1.54, 1.807) is 24.6 Å². The number of carbonyl (C=O) groups excluding carboxylic acids is 1. The predicted molar refractivity (Wildman–Crippen MR) is 62.6 cm³/mol. The lowest BCUT2D eigenvalue weighted by Gasteiger charge is -2.14. The van der Waals surface area contributed by atoms with Gasteiger partial charge in [0, 0.05) is 32.2 Å². The minimum Gasteiger partial charge on any atom is -0.340 e. The summed E-state index contributed by atoms with van der Waals surface area (Å²) in [5.41, 5.74) is 1.19. The Bertz CT molecular complexity index is 305. The number of nitrogens with one attached hydrogen (secondary N) is 1. The van der Waals surface area contributed by atoms with Crippen molar-refractivity contribution in [3.8, 4) is 0 Å². The number of carbonyl (C=O) groups is 1. The molecule has 1 heterocycles. The lowest BCUT2D eigenvalue weighted by molar-refractivity contribution is 0.233. The Labute approximate surface area is 94.2 Å². The molecule has 1 rings (SSSR count). The quantitative estimate of drug-likeness (QED) is 0.791. The first-order valence-electron chi connectivity index (χ1n) is 4.71. The number of aryl methyl sites for hydroxylation is 1. The molecule has 0 saturated heterocycles. The van der Waals surface area contributed by atoms with Crippen molar-refractivity contribution in [3.63, 3.8) is 0 Å². The third-order valence-corrected chi connectivity index (χ3v) is 2.84. The molecular formula is C10H15N3OS. The van der Waals surface area contributed by atoms with E-state index in [1.165, 1.54) is 17.5 Å². The first-order valence-corrected chi connectivity index (χ1v) is 5.65. The molecule has 0 bridgehead atoms. The summed E-state index contributed by atoms with van der Waals surface area (Å²) in [5, 5.41) is 2.57. The Morgan fingerprint density at radius 3 is 3.07 bits per heavy atom. The van der Waals surface area contributed by atoms with Crippen molar-refractivity contribution in [2.75, 3.05) is 19.8 Å². The van der Waals surface area contributed by atoms with Crippen LogP contribution in [0.25, 0.3) is 0 Å². The van der Waals surface area contributed by atoms with Crippen molar-refractivity contribution >= 4 is 18.0 Å². The van der Waals surface area contributed by atoms with E-state index >= 15 is 0 Å². The van der Waals surface area contributed by atoms with Gasteiger partial charge in [0.25, 0.3) is 0 Å². The van der Waals surface area contributed by atoms with Crippen LogP contribution in [0.2, 0.25) is 0 Å². The summed E-state index contributed by atoms with van der Waals surface area (Å²) in [4.78, 5) is 15.2. The maximum atomic E-state index is 11.1. The second-order valence-electron chi connectivity index (χ2n) is 3.00. The van der Waals surface area contributed by atoms with Crippen molar-refractivity contribution in [1.29, 1.82) is 0 Å². The van der Waals surface area contributed by atoms with E-state index in [9.17, 15) is 4.79 Å². The first kappa shape index (κ1) is 11.8. The predicted octanol–water partition coefficient (Wildman–Crippen LogP) is 1.54. The van der Waals surface area contributed by atoms with E-state index in [4.69, 9.17) is 0 Å². The van der Waals surface area contributed by atoms with E-state index in [1.807, 2.05) is 18.3 Å². The van der Waals surface area contributed by atoms with Gasteiger partial charge in [0.15, 0.2) is 0 Å². The highest BCUT2D eigenvalue weighted by atomic mass is 32.2. The van der Waals surface area contributed by atoms with Crippen LogP contribution >= 0.6 is 11.9 Å². The van der Waals surface area contributed by atoms with E-state index in [0.29, 0.717) is 0 Å². The van der Waals surface area contributed by atoms with Gasteiger partial charge < -0.3 is 5.32 Å². The van der Waals surface area contributed by atoms with Gasteiger partial charge in [-0.1, -0.05) is 6.07 Å². The minimum atomic E-state index is -0.0776. The van der Waals surface area contributed by atoms with Crippen molar-refractivity contribution in [2.45, 2.75) is 6.42 Å². The summed E-state index contributed by atoms with van der Waals surface area (Å²) in [6.07, 6.45) is 4.52. The van der Waals surface area contributed by atoms with Gasteiger partial charge in [-0.25, -0.2) is 4.79 Å². The van der Waals surface area contributed by atoms with Crippen molar-refractivity contribution < 1.29 is 4.79 Å². The van der Waals surface area contributed by atoms with E-state index in [-0.39, 0.29) is 6.03 Å². The molecule has 2 amide bonds. The summed E-state index contributed by atoms with van der Waals surface area (Å²) in [5.74, 6) is 0.871. The van der Waals surface area contributed by atoms with Gasteiger partial charge in [-0.3, -0.25) is 9.29 Å². The summed E-state index contributed by atoms with van der Waals surface area (Å²) in [7, 11) is 3.38. The van der Waals surface area contributed by atoms with E-state index < -0.39 is 0 Å². The Kier molecular flexibility index (Phi) is 4.97. The van der Waals surface area contributed by atoms with Gasteiger partial charge in [0.2, 0.25) is 0 Å². The number of hydrogen-bond acceptors (Lipinski definition) is 3. The summed E-state index contributed by atoms with van der Waals surface area (Å²) >= 11 is 1.50. The van der Waals surface area contributed by atoms with Gasteiger partial charge in [-0.05, 0) is 30.0 Å². The fourth-order valence-electron chi connectivity index (χ4n) is 1.06. The van der Waals surface area contributed by atoms with Crippen LogP contribution in [0.3, 0.4) is 0 Å². The molecule has 0 unspecified atom stereocenters. The monoisotopic (exact) mass is 225 g/mol. The maximum absolute atomic E-state index is 11.1. The van der Waals surface area contributed by atoms with Crippen LogP contribution < -0.4 is 5.32 Å². The largest absolute Gasteiger partial charge is 0.340 e. The number of rotatable bonds is 4. The lowest BCUT2D eigenvalue weighted by Crippen LogP contribution is -2.30. The smallest absolute Gasteiger partial charge is 0.326 e. The standard InChI is InChI=1S/C10H15N3OS/c1-11-10(14)13(2)15-7-5-9-4-3-6-12-8-9/h3-4,6,8H,5,7H2,1-2H3,(H,11,14). The number of amides is 2. The van der Waals surface area contributed by atoms with Crippen molar-refractivity contribution in [2.24, 2.45) is 0 Å². The molecule has 0 fully saturated rings. The number of urea groups is 1. The minimum absolute atomic E-state index is 0.0776. The molecule has 0 atom stereocenters. The third-order valence-electron chi connectivity index (χ3n) is 1.90. The molecule has 0 aliphatic heterocycles. The molecular weight excluding hydrogens is 210 g/mol. The molecule has 4 nitrogen and oxygen atoms in total. The van der Waals surface area contributed by atoms with Crippen molar-refractivity contribution in [3.05, 3.63) is 30.1 Å². The number of aromatic nitrogens is 1. The molecule has 82 valence electrons. The highest BCUT2D eigenvalue weighted by Gasteiger charge is 2.05. The second kappa shape index (κ2) is 6.29. The number of pyridine rings is 1. The Morgan fingerprint density at radius 1 is 1.67 bits per heavy atom. The number of nitrogens with zero attached hydrogens (tertiary/aromatic N) is 2. The fraction of sp³-hybridized carbons (Fsp3) is 0.400. The lowest BCUT2D eigenvalue weighted by atomic mass is 10.2. The zero-order chi connectivity index (χ0) is 11.1.